The molecule has 0 bridgehead atoms. The van der Waals surface area contributed by atoms with E-state index in [-0.39, 0.29) is 5.75 Å². The van der Waals surface area contributed by atoms with Crippen molar-refractivity contribution in [1.29, 1.82) is 0 Å². The number of ether oxygens (including phenoxy) is 2. The number of carboxylic acid groups (broad SMARTS) is 1. The van der Waals surface area contributed by atoms with Crippen molar-refractivity contribution in [3.63, 3.8) is 0 Å². The topological polar surface area (TPSA) is 88.0 Å². The van der Waals surface area contributed by atoms with Crippen LogP contribution in [-0.2, 0) is 11.3 Å². The Bertz CT molecular complexity index is 727. The lowest BCUT2D eigenvalue weighted by molar-refractivity contribution is -0.139. The summed E-state index contributed by atoms with van der Waals surface area (Å²) in [6.07, 6.45) is 0. The molecule has 0 saturated heterocycles. The Morgan fingerprint density at radius 1 is 1.12 bits per heavy atom. The van der Waals surface area contributed by atoms with Crippen LogP contribution in [0.2, 0.25) is 0 Å². The molecule has 6 heteroatoms. The van der Waals surface area contributed by atoms with Crippen LogP contribution in [0.1, 0.15) is 31.0 Å². The van der Waals surface area contributed by atoms with Gasteiger partial charge >= 0.3 is 5.97 Å². The van der Waals surface area contributed by atoms with Gasteiger partial charge in [-0.15, -0.1) is 0 Å². The second kappa shape index (κ2) is 9.10. The molecule has 0 heterocycles. The summed E-state index contributed by atoms with van der Waals surface area (Å²) in [5, 5.41) is 21.9. The standard InChI is InChI=1S/C20H25NO5/c1-13(2)12-26-18-10-14(4-9-17(18)25-3)11-21-19(20(23)24)15-5-7-16(22)8-6-15/h4-10,13,19,21-22H,11-12H2,1-3H3,(H,23,24)/t19-/m1/s1. The van der Waals surface area contributed by atoms with Crippen LogP contribution in [0, 0.1) is 5.92 Å². The molecule has 1 atom stereocenters. The first-order valence-electron chi connectivity index (χ1n) is 8.45. The smallest absolute Gasteiger partial charge is 0.325 e. The number of methoxy groups -OCH3 is 1. The third kappa shape index (κ3) is 5.39. The SMILES string of the molecule is COc1ccc(CN[C@@H](C(=O)O)c2ccc(O)cc2)cc1OCC(C)C. The summed E-state index contributed by atoms with van der Waals surface area (Å²) in [6.45, 7) is 5.04. The van der Waals surface area contributed by atoms with Crippen molar-refractivity contribution in [3.8, 4) is 17.2 Å². The van der Waals surface area contributed by atoms with E-state index in [9.17, 15) is 15.0 Å². The van der Waals surface area contributed by atoms with Gasteiger partial charge in [0.2, 0.25) is 0 Å². The molecule has 140 valence electrons. The Hall–Kier alpha value is -2.73. The highest BCUT2D eigenvalue weighted by Gasteiger charge is 2.19. The van der Waals surface area contributed by atoms with Crippen LogP contribution in [0.5, 0.6) is 17.2 Å². The molecule has 0 fully saturated rings. The number of nitrogens with one attached hydrogen (secondary N) is 1. The Morgan fingerprint density at radius 2 is 1.81 bits per heavy atom. The van der Waals surface area contributed by atoms with Crippen molar-refractivity contribution >= 4 is 5.97 Å². The van der Waals surface area contributed by atoms with E-state index in [0.717, 1.165) is 5.56 Å². The van der Waals surface area contributed by atoms with Gasteiger partial charge in [-0.2, -0.15) is 0 Å². The van der Waals surface area contributed by atoms with Gasteiger partial charge in [0.05, 0.1) is 13.7 Å². The van der Waals surface area contributed by atoms with Crippen molar-refractivity contribution < 1.29 is 24.5 Å². The number of hydrogen-bond acceptors (Lipinski definition) is 5. The van der Waals surface area contributed by atoms with Crippen LogP contribution < -0.4 is 14.8 Å². The molecular weight excluding hydrogens is 334 g/mol. The molecule has 0 amide bonds. The van der Waals surface area contributed by atoms with Crippen LogP contribution in [0.25, 0.3) is 0 Å². The molecule has 0 aliphatic heterocycles. The number of carbonyl (C=O) groups is 1. The summed E-state index contributed by atoms with van der Waals surface area (Å²) < 4.78 is 11.1. The van der Waals surface area contributed by atoms with Crippen LogP contribution in [0.15, 0.2) is 42.5 Å². The maximum atomic E-state index is 11.6. The fourth-order valence-electron chi connectivity index (χ4n) is 2.43. The minimum Gasteiger partial charge on any atom is -0.508 e. The molecule has 0 aliphatic carbocycles. The Morgan fingerprint density at radius 3 is 2.38 bits per heavy atom. The summed E-state index contributed by atoms with van der Waals surface area (Å²) in [6, 6.07) is 10.8. The highest BCUT2D eigenvalue weighted by molar-refractivity contribution is 5.75. The predicted molar refractivity (Wildman–Crippen MR) is 98.7 cm³/mol. The van der Waals surface area contributed by atoms with E-state index in [0.29, 0.717) is 36.1 Å². The van der Waals surface area contributed by atoms with Gasteiger partial charge < -0.3 is 19.7 Å². The monoisotopic (exact) mass is 359 g/mol. The average molecular weight is 359 g/mol. The van der Waals surface area contributed by atoms with E-state index >= 15 is 0 Å². The van der Waals surface area contributed by atoms with E-state index in [1.165, 1.54) is 12.1 Å². The first-order valence-corrected chi connectivity index (χ1v) is 8.45. The number of phenolic OH excluding ortho intramolecular Hbond substituents is 1. The molecule has 0 spiro atoms. The molecule has 26 heavy (non-hydrogen) atoms. The van der Waals surface area contributed by atoms with E-state index in [4.69, 9.17) is 9.47 Å². The lowest BCUT2D eigenvalue weighted by Gasteiger charge is -2.17. The molecule has 6 nitrogen and oxygen atoms in total. The van der Waals surface area contributed by atoms with Gasteiger partial charge in [0, 0.05) is 6.54 Å². The fraction of sp³-hybridized carbons (Fsp3) is 0.350. The number of hydrogen-bond donors (Lipinski definition) is 3. The van der Waals surface area contributed by atoms with E-state index in [2.05, 4.69) is 19.2 Å². The second-order valence-corrected chi connectivity index (χ2v) is 6.43. The minimum absolute atomic E-state index is 0.0972. The van der Waals surface area contributed by atoms with Crippen molar-refractivity contribution in [2.45, 2.75) is 26.4 Å². The number of carboxylic acids is 1. The largest absolute Gasteiger partial charge is 0.508 e. The maximum absolute atomic E-state index is 11.6. The minimum atomic E-state index is -0.986. The van der Waals surface area contributed by atoms with Gasteiger partial charge in [0.25, 0.3) is 0 Å². The van der Waals surface area contributed by atoms with Crippen LogP contribution in [0.4, 0.5) is 0 Å². The van der Waals surface area contributed by atoms with Gasteiger partial charge in [0.1, 0.15) is 11.8 Å². The Kier molecular flexibility index (Phi) is 6.86. The maximum Gasteiger partial charge on any atom is 0.325 e. The summed E-state index contributed by atoms with van der Waals surface area (Å²) in [5.74, 6) is 0.771. The number of benzene rings is 2. The molecule has 0 radical (unpaired) electrons. The molecule has 0 aromatic heterocycles. The second-order valence-electron chi connectivity index (χ2n) is 6.43. The molecule has 2 aromatic rings. The van der Waals surface area contributed by atoms with E-state index < -0.39 is 12.0 Å². The van der Waals surface area contributed by atoms with Gasteiger partial charge in [-0.1, -0.05) is 32.0 Å². The molecule has 2 aromatic carbocycles. The first kappa shape index (κ1) is 19.6. The third-order valence-electron chi connectivity index (χ3n) is 3.78. The van der Waals surface area contributed by atoms with Crippen LogP contribution in [-0.4, -0.2) is 29.9 Å². The zero-order chi connectivity index (χ0) is 19.1. The lowest BCUT2D eigenvalue weighted by Crippen LogP contribution is -2.28. The Balaban J connectivity index is 2.12. The number of rotatable bonds is 9. The average Bonchev–Trinajstić information content (AvgIpc) is 2.61. The highest BCUT2D eigenvalue weighted by atomic mass is 16.5. The molecule has 3 N–H and O–H groups in total. The van der Waals surface area contributed by atoms with Crippen molar-refractivity contribution in [1.82, 2.24) is 5.32 Å². The fourth-order valence-corrected chi connectivity index (χ4v) is 2.43. The summed E-state index contributed by atoms with van der Waals surface area (Å²) >= 11 is 0. The summed E-state index contributed by atoms with van der Waals surface area (Å²) in [4.78, 5) is 11.6. The van der Waals surface area contributed by atoms with Crippen molar-refractivity contribution in [3.05, 3.63) is 53.6 Å². The van der Waals surface area contributed by atoms with Crippen molar-refractivity contribution in [2.75, 3.05) is 13.7 Å². The van der Waals surface area contributed by atoms with Crippen molar-refractivity contribution in [2.24, 2.45) is 5.92 Å². The van der Waals surface area contributed by atoms with Gasteiger partial charge in [-0.05, 0) is 41.3 Å². The van der Waals surface area contributed by atoms with E-state index in [1.54, 1.807) is 19.2 Å². The number of phenols is 1. The predicted octanol–water partition coefficient (Wildman–Crippen LogP) is 3.35. The number of aliphatic carboxylic acids is 1. The summed E-state index contributed by atoms with van der Waals surface area (Å²) in [5.41, 5.74) is 1.45. The highest BCUT2D eigenvalue weighted by Crippen LogP contribution is 2.29. The molecular formula is C20H25NO5. The van der Waals surface area contributed by atoms with Gasteiger partial charge in [0.15, 0.2) is 11.5 Å². The quantitative estimate of drug-likeness (QED) is 0.636. The van der Waals surface area contributed by atoms with E-state index in [1.807, 2.05) is 18.2 Å². The van der Waals surface area contributed by atoms with Crippen LogP contribution >= 0.6 is 0 Å². The summed E-state index contributed by atoms with van der Waals surface area (Å²) in [7, 11) is 1.58. The van der Waals surface area contributed by atoms with Crippen LogP contribution in [0.3, 0.4) is 0 Å². The lowest BCUT2D eigenvalue weighted by atomic mass is 10.1. The Labute approximate surface area is 153 Å². The normalized spacial score (nSPS) is 12.0. The molecule has 0 unspecified atom stereocenters. The molecule has 0 saturated carbocycles. The zero-order valence-corrected chi connectivity index (χ0v) is 15.2. The molecule has 0 aliphatic rings. The number of aromatic hydroxyl groups is 1. The first-order chi connectivity index (χ1) is 12.4. The van der Waals surface area contributed by atoms with Gasteiger partial charge in [-0.25, -0.2) is 0 Å². The molecule has 2 rings (SSSR count). The van der Waals surface area contributed by atoms with Gasteiger partial charge in [-0.3, -0.25) is 10.1 Å². The third-order valence-corrected chi connectivity index (χ3v) is 3.78. The zero-order valence-electron chi connectivity index (χ0n) is 15.2.